The highest BCUT2D eigenvalue weighted by atomic mass is 35.5. The van der Waals surface area contributed by atoms with Gasteiger partial charge in [0.2, 0.25) is 11.8 Å². The molecule has 0 aliphatic heterocycles. The Kier molecular flexibility index (Phi) is 5.98. The number of hydrogen-bond donors (Lipinski definition) is 2. The quantitative estimate of drug-likeness (QED) is 0.805. The first kappa shape index (κ1) is 16.0. The summed E-state index contributed by atoms with van der Waals surface area (Å²) in [6, 6.07) is 18.0. The normalized spacial score (nSPS) is 11.5. The van der Waals surface area contributed by atoms with E-state index in [-0.39, 0.29) is 17.7 Å². The van der Waals surface area contributed by atoms with Gasteiger partial charge in [-0.1, -0.05) is 48.5 Å². The first-order chi connectivity index (χ1) is 10.7. The van der Waals surface area contributed by atoms with Crippen LogP contribution >= 0.6 is 11.6 Å². The summed E-state index contributed by atoms with van der Waals surface area (Å²) in [5, 5.41) is 5.45. The number of carbonyl (C=O) groups excluding carboxylic acids is 2. The van der Waals surface area contributed by atoms with Crippen LogP contribution in [0.5, 0.6) is 0 Å². The fraction of sp³-hybridized carbons (Fsp3) is 0.176. The number of nitrogens with one attached hydrogen (secondary N) is 2. The summed E-state index contributed by atoms with van der Waals surface area (Å²) in [5.74, 6) is -0.816. The molecule has 1 atom stereocenters. The SMILES string of the molecule is O=C(CCl)N[C@H](Cc1ccccc1)C(=O)Nc1ccccc1. The number of hydrogen-bond acceptors (Lipinski definition) is 2. The number of para-hydroxylation sites is 1. The first-order valence-electron chi connectivity index (χ1n) is 6.94. The topological polar surface area (TPSA) is 58.2 Å². The fourth-order valence-corrected chi connectivity index (χ4v) is 2.12. The second kappa shape index (κ2) is 8.20. The minimum absolute atomic E-state index is 0.177. The third kappa shape index (κ3) is 4.90. The summed E-state index contributed by atoms with van der Waals surface area (Å²) in [5.41, 5.74) is 1.65. The van der Waals surface area contributed by atoms with Crippen molar-refractivity contribution in [2.45, 2.75) is 12.5 Å². The number of alkyl halides is 1. The molecule has 2 N–H and O–H groups in total. The van der Waals surface area contributed by atoms with E-state index < -0.39 is 6.04 Å². The van der Waals surface area contributed by atoms with Gasteiger partial charge in [-0.15, -0.1) is 11.6 Å². The molecule has 0 fully saturated rings. The molecule has 0 heterocycles. The molecule has 0 saturated heterocycles. The Morgan fingerprint density at radius 2 is 1.55 bits per heavy atom. The third-order valence-electron chi connectivity index (χ3n) is 3.10. The lowest BCUT2D eigenvalue weighted by Gasteiger charge is -2.18. The number of amides is 2. The molecule has 22 heavy (non-hydrogen) atoms. The van der Waals surface area contributed by atoms with E-state index in [1.165, 1.54) is 0 Å². The molecule has 2 rings (SSSR count). The minimum atomic E-state index is -0.672. The van der Waals surface area contributed by atoms with Gasteiger partial charge in [-0.25, -0.2) is 0 Å². The van der Waals surface area contributed by atoms with Gasteiger partial charge in [-0.2, -0.15) is 0 Å². The smallest absolute Gasteiger partial charge is 0.247 e. The van der Waals surface area contributed by atoms with Gasteiger partial charge in [-0.3, -0.25) is 9.59 Å². The van der Waals surface area contributed by atoms with Gasteiger partial charge in [0.05, 0.1) is 0 Å². The van der Waals surface area contributed by atoms with Crippen LogP contribution in [0.1, 0.15) is 5.56 Å². The summed E-state index contributed by atoms with van der Waals surface area (Å²) in [6.07, 6.45) is 0.405. The van der Waals surface area contributed by atoms with Crippen LogP contribution in [0.15, 0.2) is 60.7 Å². The van der Waals surface area contributed by atoms with Crippen LogP contribution in [-0.4, -0.2) is 23.7 Å². The molecule has 4 nitrogen and oxygen atoms in total. The second-order valence-corrected chi connectivity index (χ2v) is 5.07. The summed E-state index contributed by atoms with van der Waals surface area (Å²) >= 11 is 5.52. The highest BCUT2D eigenvalue weighted by molar-refractivity contribution is 6.27. The largest absolute Gasteiger partial charge is 0.343 e. The Hall–Kier alpha value is -2.33. The van der Waals surface area contributed by atoms with Crippen molar-refractivity contribution in [3.8, 4) is 0 Å². The molecule has 5 heteroatoms. The van der Waals surface area contributed by atoms with Crippen LogP contribution < -0.4 is 10.6 Å². The third-order valence-corrected chi connectivity index (χ3v) is 3.34. The summed E-state index contributed by atoms with van der Waals surface area (Å²) in [7, 11) is 0. The zero-order chi connectivity index (χ0) is 15.8. The van der Waals surface area contributed by atoms with Crippen molar-refractivity contribution in [2.75, 3.05) is 11.2 Å². The average Bonchev–Trinajstić information content (AvgIpc) is 2.56. The zero-order valence-electron chi connectivity index (χ0n) is 12.0. The molecule has 2 amide bonds. The van der Waals surface area contributed by atoms with Gasteiger partial charge in [0.15, 0.2) is 0 Å². The maximum atomic E-state index is 12.4. The van der Waals surface area contributed by atoms with Crippen molar-refractivity contribution in [2.24, 2.45) is 0 Å². The van der Waals surface area contributed by atoms with Crippen molar-refractivity contribution < 1.29 is 9.59 Å². The lowest BCUT2D eigenvalue weighted by atomic mass is 10.1. The number of anilines is 1. The van der Waals surface area contributed by atoms with Crippen LogP contribution in [0.3, 0.4) is 0 Å². The molecular formula is C17H17ClN2O2. The van der Waals surface area contributed by atoms with E-state index in [1.54, 1.807) is 12.1 Å². The van der Waals surface area contributed by atoms with E-state index >= 15 is 0 Å². The predicted molar refractivity (Wildman–Crippen MR) is 87.9 cm³/mol. The Labute approximate surface area is 134 Å². The first-order valence-corrected chi connectivity index (χ1v) is 7.47. The van der Waals surface area contributed by atoms with Gasteiger partial charge in [0.1, 0.15) is 11.9 Å². The van der Waals surface area contributed by atoms with Crippen molar-refractivity contribution in [1.29, 1.82) is 0 Å². The fourth-order valence-electron chi connectivity index (χ4n) is 2.04. The highest BCUT2D eigenvalue weighted by Gasteiger charge is 2.21. The molecule has 2 aromatic carbocycles. The lowest BCUT2D eigenvalue weighted by Crippen LogP contribution is -2.45. The summed E-state index contributed by atoms with van der Waals surface area (Å²) in [4.78, 5) is 23.9. The molecule has 0 radical (unpaired) electrons. The van der Waals surface area contributed by atoms with Gasteiger partial charge in [0, 0.05) is 12.1 Å². The Bertz CT molecular complexity index is 617. The van der Waals surface area contributed by atoms with Crippen LogP contribution in [0.25, 0.3) is 0 Å². The van der Waals surface area contributed by atoms with E-state index in [9.17, 15) is 9.59 Å². The molecule has 2 aromatic rings. The Morgan fingerprint density at radius 1 is 0.955 bits per heavy atom. The van der Waals surface area contributed by atoms with Gasteiger partial charge < -0.3 is 10.6 Å². The molecule has 0 aliphatic carbocycles. The second-order valence-electron chi connectivity index (χ2n) is 4.80. The minimum Gasteiger partial charge on any atom is -0.343 e. The van der Waals surface area contributed by atoms with Crippen molar-refractivity contribution >= 4 is 29.1 Å². The predicted octanol–water partition coefficient (Wildman–Crippen LogP) is 2.59. The monoisotopic (exact) mass is 316 g/mol. The molecule has 114 valence electrons. The maximum absolute atomic E-state index is 12.4. The molecule has 0 spiro atoms. The van der Waals surface area contributed by atoms with E-state index in [0.29, 0.717) is 12.1 Å². The number of carbonyl (C=O) groups is 2. The number of rotatable bonds is 6. The molecule has 0 aromatic heterocycles. The molecule has 0 unspecified atom stereocenters. The zero-order valence-corrected chi connectivity index (χ0v) is 12.7. The van der Waals surface area contributed by atoms with E-state index in [1.807, 2.05) is 48.5 Å². The lowest BCUT2D eigenvalue weighted by molar-refractivity contribution is -0.125. The standard InChI is InChI=1S/C17H17ClN2O2/c18-12-16(21)20-15(11-13-7-3-1-4-8-13)17(22)19-14-9-5-2-6-10-14/h1-10,15H,11-12H2,(H,19,22)(H,20,21)/t15-/m1/s1. The van der Waals surface area contributed by atoms with Gasteiger partial charge >= 0.3 is 0 Å². The van der Waals surface area contributed by atoms with E-state index in [2.05, 4.69) is 10.6 Å². The molecular weight excluding hydrogens is 300 g/mol. The Balaban J connectivity index is 2.09. The van der Waals surface area contributed by atoms with E-state index in [0.717, 1.165) is 5.56 Å². The highest BCUT2D eigenvalue weighted by Crippen LogP contribution is 2.09. The summed E-state index contributed by atoms with van der Waals surface area (Å²) < 4.78 is 0. The van der Waals surface area contributed by atoms with Crippen LogP contribution in [-0.2, 0) is 16.0 Å². The van der Waals surface area contributed by atoms with Crippen LogP contribution in [0.2, 0.25) is 0 Å². The van der Waals surface area contributed by atoms with Gasteiger partial charge in [0.25, 0.3) is 0 Å². The van der Waals surface area contributed by atoms with Crippen LogP contribution in [0, 0.1) is 0 Å². The van der Waals surface area contributed by atoms with Crippen LogP contribution in [0.4, 0.5) is 5.69 Å². The number of halogens is 1. The molecule has 0 saturated carbocycles. The average molecular weight is 317 g/mol. The number of benzene rings is 2. The molecule has 0 aliphatic rings. The molecule has 0 bridgehead atoms. The van der Waals surface area contributed by atoms with Crippen molar-refractivity contribution in [1.82, 2.24) is 5.32 Å². The van der Waals surface area contributed by atoms with Gasteiger partial charge in [-0.05, 0) is 17.7 Å². The summed E-state index contributed by atoms with van der Waals surface area (Å²) in [6.45, 7) is 0. The Morgan fingerprint density at radius 3 is 2.14 bits per heavy atom. The van der Waals surface area contributed by atoms with E-state index in [4.69, 9.17) is 11.6 Å². The van der Waals surface area contributed by atoms with Crippen molar-refractivity contribution in [3.63, 3.8) is 0 Å². The maximum Gasteiger partial charge on any atom is 0.247 e. The van der Waals surface area contributed by atoms with Crippen molar-refractivity contribution in [3.05, 3.63) is 66.2 Å².